The lowest BCUT2D eigenvalue weighted by atomic mass is 9.82. The van der Waals surface area contributed by atoms with Crippen molar-refractivity contribution in [3.63, 3.8) is 0 Å². The first-order valence-corrected chi connectivity index (χ1v) is 12.2. The van der Waals surface area contributed by atoms with Gasteiger partial charge in [0, 0.05) is 24.4 Å². The van der Waals surface area contributed by atoms with E-state index < -0.39 is 5.97 Å². The molecule has 1 aromatic heterocycles. The summed E-state index contributed by atoms with van der Waals surface area (Å²) in [4.78, 5) is 27.9. The molecule has 6 heteroatoms. The first kappa shape index (κ1) is 23.6. The Morgan fingerprint density at radius 2 is 1.84 bits per heavy atom. The van der Waals surface area contributed by atoms with Crippen LogP contribution in [0.15, 0.2) is 12.3 Å². The Hall–Kier alpha value is -2.11. The van der Waals surface area contributed by atoms with Crippen molar-refractivity contribution in [3.8, 4) is 0 Å². The predicted molar refractivity (Wildman–Crippen MR) is 124 cm³/mol. The zero-order valence-electron chi connectivity index (χ0n) is 19.7. The van der Waals surface area contributed by atoms with Gasteiger partial charge in [-0.15, -0.1) is 5.10 Å². The molecule has 0 N–H and O–H groups in total. The monoisotopic (exact) mass is 429 g/mol. The van der Waals surface area contributed by atoms with Crippen LogP contribution in [0.3, 0.4) is 0 Å². The molecule has 0 aliphatic heterocycles. The van der Waals surface area contributed by atoms with E-state index >= 15 is 0 Å². The molecule has 0 unspecified atom stereocenters. The smallest absolute Gasteiger partial charge is 0.343 e. The van der Waals surface area contributed by atoms with Crippen molar-refractivity contribution in [1.82, 2.24) is 9.78 Å². The maximum atomic E-state index is 13.5. The van der Waals surface area contributed by atoms with Gasteiger partial charge in [0.2, 0.25) is 5.91 Å². The molecule has 2 aliphatic rings. The molecule has 2 saturated carbocycles. The van der Waals surface area contributed by atoms with Crippen molar-refractivity contribution in [1.29, 1.82) is 0 Å². The number of ether oxygens (including phenoxy) is 1. The highest BCUT2D eigenvalue weighted by molar-refractivity contribution is 6.02. The fourth-order valence-electron chi connectivity index (χ4n) is 4.83. The zero-order chi connectivity index (χ0) is 22.4. The second-order valence-corrected chi connectivity index (χ2v) is 9.57. The van der Waals surface area contributed by atoms with E-state index in [1.807, 2.05) is 20.0 Å². The van der Waals surface area contributed by atoms with Crippen LogP contribution in [0, 0.1) is 17.8 Å². The Bertz CT molecular complexity index is 769. The summed E-state index contributed by atoms with van der Waals surface area (Å²) >= 11 is 0. The average molecular weight is 430 g/mol. The summed E-state index contributed by atoms with van der Waals surface area (Å²) in [5.74, 6) is 1.30. The maximum Gasteiger partial charge on any atom is 0.343 e. The summed E-state index contributed by atoms with van der Waals surface area (Å²) < 4.78 is 6.97. The van der Waals surface area contributed by atoms with Gasteiger partial charge in [-0.25, -0.2) is 9.48 Å². The summed E-state index contributed by atoms with van der Waals surface area (Å²) in [7, 11) is 0. The molecule has 2 fully saturated rings. The zero-order valence-corrected chi connectivity index (χ0v) is 19.7. The summed E-state index contributed by atoms with van der Waals surface area (Å²) in [6, 6.07) is -0.0919. The molecule has 172 valence electrons. The lowest BCUT2D eigenvalue weighted by Gasteiger charge is -2.32. The van der Waals surface area contributed by atoms with Gasteiger partial charge in [0.1, 0.15) is 5.56 Å². The van der Waals surface area contributed by atoms with Gasteiger partial charge in [-0.2, -0.15) is 0 Å². The number of carbonyl (C=O) groups is 2. The van der Waals surface area contributed by atoms with Gasteiger partial charge >= 0.3 is 5.97 Å². The number of amides is 1. The van der Waals surface area contributed by atoms with Gasteiger partial charge in [0.25, 0.3) is 0 Å². The summed E-state index contributed by atoms with van der Waals surface area (Å²) in [6.45, 7) is 8.29. The van der Waals surface area contributed by atoms with Gasteiger partial charge in [-0.3, -0.25) is 9.69 Å². The predicted octanol–water partition coefficient (Wildman–Crippen LogP) is 5.68. The minimum atomic E-state index is -0.425. The van der Waals surface area contributed by atoms with Crippen LogP contribution in [-0.4, -0.2) is 34.3 Å². The molecule has 1 heterocycles. The van der Waals surface area contributed by atoms with E-state index in [1.165, 1.54) is 32.1 Å². The molecule has 0 saturated heterocycles. The number of carbonyl (C=O) groups excluding carboxylic acids is 2. The highest BCUT2D eigenvalue weighted by atomic mass is 16.5. The van der Waals surface area contributed by atoms with Gasteiger partial charge in [0.05, 0.1) is 6.61 Å². The van der Waals surface area contributed by atoms with Crippen molar-refractivity contribution in [2.24, 2.45) is 17.8 Å². The van der Waals surface area contributed by atoms with Gasteiger partial charge in [0.15, 0.2) is 5.82 Å². The lowest BCUT2D eigenvalue weighted by Crippen LogP contribution is -2.43. The third-order valence-corrected chi connectivity index (χ3v) is 6.72. The fraction of sp³-hybridized carbons (Fsp3) is 0.720. The number of anilines is 1. The Labute approximate surface area is 187 Å². The quantitative estimate of drug-likeness (QED) is 0.523. The molecular formula is C25H39N3O3. The van der Waals surface area contributed by atoms with Crippen LogP contribution in [0.25, 0.3) is 6.20 Å². The van der Waals surface area contributed by atoms with Crippen LogP contribution in [0.4, 0.5) is 5.82 Å². The summed E-state index contributed by atoms with van der Waals surface area (Å²) in [6.07, 6.45) is 16.0. The van der Waals surface area contributed by atoms with E-state index in [4.69, 9.17) is 4.74 Å². The largest absolute Gasteiger partial charge is 0.462 e. The van der Waals surface area contributed by atoms with Crippen LogP contribution in [0.1, 0.15) is 95.8 Å². The molecule has 0 aromatic carbocycles. The van der Waals surface area contributed by atoms with Crippen LogP contribution >= 0.6 is 0 Å². The van der Waals surface area contributed by atoms with Crippen LogP contribution in [-0.2, 0) is 9.53 Å². The fourth-order valence-corrected chi connectivity index (χ4v) is 4.83. The minimum Gasteiger partial charge on any atom is -0.462 e. The molecule has 3 rings (SSSR count). The highest BCUT2D eigenvalue weighted by Crippen LogP contribution is 2.33. The Kier molecular flexibility index (Phi) is 8.33. The standard InChI is InChI=1S/C25H39N3O3/c1-5-31-25(30)22-17-27(16-15-20-9-7-6-8-10-20)26-23(22)28(18(2)3)24(29)21-13-11-19(4)12-14-21/h15-21H,5-14H2,1-4H3. The van der Waals surface area contributed by atoms with Crippen molar-refractivity contribution in [3.05, 3.63) is 17.8 Å². The molecule has 0 spiro atoms. The van der Waals surface area contributed by atoms with E-state index in [1.54, 1.807) is 22.7 Å². The van der Waals surface area contributed by atoms with E-state index in [0.717, 1.165) is 25.7 Å². The lowest BCUT2D eigenvalue weighted by molar-refractivity contribution is -0.123. The topological polar surface area (TPSA) is 64.4 Å². The molecule has 2 aliphatic carbocycles. The van der Waals surface area contributed by atoms with E-state index in [-0.39, 0.29) is 24.5 Å². The van der Waals surface area contributed by atoms with E-state index in [9.17, 15) is 9.59 Å². The SMILES string of the molecule is CCOC(=O)c1cn(C=CC2CCCCC2)nc1N(C(=O)C1CCC(C)CC1)C(C)C. The van der Waals surface area contributed by atoms with Crippen molar-refractivity contribution < 1.29 is 14.3 Å². The number of hydrogen-bond acceptors (Lipinski definition) is 4. The van der Waals surface area contributed by atoms with Crippen LogP contribution in [0.2, 0.25) is 0 Å². The number of hydrogen-bond donors (Lipinski definition) is 0. The molecule has 31 heavy (non-hydrogen) atoms. The maximum absolute atomic E-state index is 13.5. The van der Waals surface area contributed by atoms with Crippen molar-refractivity contribution in [2.75, 3.05) is 11.5 Å². The van der Waals surface area contributed by atoms with Crippen LogP contribution in [0.5, 0.6) is 0 Å². The number of allylic oxidation sites excluding steroid dienone is 1. The number of nitrogens with zero attached hydrogens (tertiary/aromatic N) is 3. The van der Waals surface area contributed by atoms with Crippen molar-refractivity contribution >= 4 is 23.9 Å². The second kappa shape index (κ2) is 11.0. The summed E-state index contributed by atoms with van der Waals surface area (Å²) in [5.41, 5.74) is 0.362. The average Bonchev–Trinajstić information content (AvgIpc) is 3.17. The summed E-state index contributed by atoms with van der Waals surface area (Å²) in [5, 5.41) is 4.68. The normalized spacial score (nSPS) is 22.7. The number of aromatic nitrogens is 2. The molecule has 6 nitrogen and oxygen atoms in total. The first-order chi connectivity index (χ1) is 14.9. The Morgan fingerprint density at radius 1 is 1.16 bits per heavy atom. The van der Waals surface area contributed by atoms with Gasteiger partial charge in [-0.05, 0) is 71.1 Å². The third kappa shape index (κ3) is 5.98. The highest BCUT2D eigenvalue weighted by Gasteiger charge is 2.34. The molecule has 1 amide bonds. The van der Waals surface area contributed by atoms with Crippen LogP contribution < -0.4 is 4.90 Å². The molecule has 0 radical (unpaired) electrons. The molecule has 0 atom stereocenters. The van der Waals surface area contributed by atoms with E-state index in [0.29, 0.717) is 23.2 Å². The number of esters is 1. The number of rotatable bonds is 7. The molecular weight excluding hydrogens is 390 g/mol. The minimum absolute atomic E-state index is 0.00317. The first-order valence-electron chi connectivity index (χ1n) is 12.2. The van der Waals surface area contributed by atoms with E-state index in [2.05, 4.69) is 18.1 Å². The van der Waals surface area contributed by atoms with Gasteiger partial charge < -0.3 is 4.74 Å². The van der Waals surface area contributed by atoms with Gasteiger partial charge in [-0.1, -0.05) is 32.3 Å². The van der Waals surface area contributed by atoms with Crippen molar-refractivity contribution in [2.45, 2.75) is 91.5 Å². The Morgan fingerprint density at radius 3 is 2.45 bits per heavy atom. The molecule has 1 aromatic rings. The molecule has 0 bridgehead atoms. The second-order valence-electron chi connectivity index (χ2n) is 9.57. The Balaban J connectivity index is 1.89. The third-order valence-electron chi connectivity index (χ3n) is 6.72.